The number of aromatic nitrogens is 2. The molecule has 2 atom stereocenters. The van der Waals surface area contributed by atoms with Crippen molar-refractivity contribution in [1.82, 2.24) is 20.4 Å². The Morgan fingerprint density at radius 2 is 1.72 bits per heavy atom. The van der Waals surface area contributed by atoms with Crippen LogP contribution in [-0.2, 0) is 34.5 Å². The zero-order valence-corrected chi connectivity index (χ0v) is 25.9. The van der Waals surface area contributed by atoms with Crippen LogP contribution in [0, 0.1) is 0 Å². The molecule has 2 amide bonds. The van der Waals surface area contributed by atoms with Gasteiger partial charge >= 0.3 is 258 Å². The van der Waals surface area contributed by atoms with Crippen LogP contribution in [0.4, 0.5) is 0 Å². The second-order valence-electron chi connectivity index (χ2n) is 9.10. The van der Waals surface area contributed by atoms with Crippen LogP contribution in [0.5, 0.6) is 0 Å². The fourth-order valence-corrected chi connectivity index (χ4v) is 7.88. The number of carboxylic acids is 2. The van der Waals surface area contributed by atoms with Crippen LogP contribution in [0.25, 0.3) is 16.9 Å². The zero-order valence-electron chi connectivity index (χ0n) is 22.6. The number of nitrogens with zero attached hydrogens (tertiary/aromatic N) is 2. The molecule has 0 spiro atoms. The number of primary sulfonamides is 1. The Balaban J connectivity index is 1.70. The molecule has 0 aliphatic heterocycles. The molecule has 3 aromatic rings. The number of sulfonamides is 1. The van der Waals surface area contributed by atoms with E-state index in [9.17, 15) is 27.6 Å². The number of carbonyl (C=O) groups excluding carboxylic acids is 2. The Labute approximate surface area is 256 Å². The van der Waals surface area contributed by atoms with Crippen molar-refractivity contribution >= 4 is 57.8 Å². The van der Waals surface area contributed by atoms with Crippen LogP contribution < -0.4 is 21.5 Å². The number of rotatable bonds is 16. The monoisotopic (exact) mass is 698 g/mol. The molecule has 0 bridgehead atoms. The maximum absolute atomic E-state index is 12.6. The second-order valence-corrected chi connectivity index (χ2v) is 15.0. The molecule has 0 aliphatic carbocycles. The molecule has 43 heavy (non-hydrogen) atoms. The van der Waals surface area contributed by atoms with Gasteiger partial charge in [0, 0.05) is 0 Å². The predicted molar refractivity (Wildman–Crippen MR) is 160 cm³/mol. The summed E-state index contributed by atoms with van der Waals surface area (Å²) in [5.41, 5.74) is 8.46. The van der Waals surface area contributed by atoms with Gasteiger partial charge in [0.25, 0.3) is 0 Å². The molecular weight excluding hydrogens is 667 g/mol. The van der Waals surface area contributed by atoms with E-state index in [0.29, 0.717) is 11.0 Å². The normalized spacial score (nSPS) is 12.7. The van der Waals surface area contributed by atoms with Gasteiger partial charge < -0.3 is 0 Å². The van der Waals surface area contributed by atoms with E-state index in [1.807, 2.05) is 36.4 Å². The summed E-state index contributed by atoms with van der Waals surface area (Å²) in [6.07, 6.45) is -0.344. The van der Waals surface area contributed by atoms with Crippen molar-refractivity contribution in [2.24, 2.45) is 10.9 Å². The summed E-state index contributed by atoms with van der Waals surface area (Å²) in [5, 5.41) is 33.0. The predicted octanol–water partition coefficient (Wildman–Crippen LogP) is -0.0832. The van der Waals surface area contributed by atoms with Crippen molar-refractivity contribution in [3.8, 4) is 16.9 Å². The number of nitrogens with one attached hydrogen (secondary N) is 2. The zero-order chi connectivity index (χ0) is 31.6. The standard InChI is InChI=1S/C26H30N6O8S2Se/c27-20(26(37)38)10-11-23(33)30-21(25(36)29-13-24(34)35)14-41-43-15-17-12-22(16-4-2-1-3-5-16)32(31-17)18-6-8-19(9-7-18)42(28,39)40/h1-9,12,20-21H,10-11,13-15,27H2,(H,29,36)(H,30,33)(H,34,35)(H,37,38)(H2,28,39,40)/t20-,21-/m0/s1. The number of hydrogen-bond donors (Lipinski definition) is 6. The molecule has 0 unspecified atom stereocenters. The van der Waals surface area contributed by atoms with Crippen molar-refractivity contribution in [3.05, 3.63) is 66.4 Å². The van der Waals surface area contributed by atoms with E-state index >= 15 is 0 Å². The van der Waals surface area contributed by atoms with Crippen LogP contribution in [0.2, 0.25) is 0 Å². The van der Waals surface area contributed by atoms with Gasteiger partial charge in [0.15, 0.2) is 0 Å². The quantitative estimate of drug-likeness (QED) is 0.0855. The number of carbonyl (C=O) groups is 4. The van der Waals surface area contributed by atoms with Crippen LogP contribution >= 0.6 is 10.2 Å². The van der Waals surface area contributed by atoms with Crippen LogP contribution in [0.15, 0.2) is 65.6 Å². The number of nitrogens with two attached hydrogens (primary N) is 2. The average molecular weight is 698 g/mol. The van der Waals surface area contributed by atoms with Crippen molar-refractivity contribution in [2.45, 2.75) is 35.1 Å². The Morgan fingerprint density at radius 1 is 1.05 bits per heavy atom. The van der Waals surface area contributed by atoms with E-state index in [1.165, 1.54) is 22.3 Å². The van der Waals surface area contributed by atoms with Crippen molar-refractivity contribution < 1.29 is 37.8 Å². The molecular formula is C26H30N6O8S2Se. The molecule has 0 radical (unpaired) electrons. The van der Waals surface area contributed by atoms with Gasteiger partial charge in [-0.3, -0.25) is 0 Å². The van der Waals surface area contributed by atoms with Gasteiger partial charge in [0.05, 0.1) is 0 Å². The summed E-state index contributed by atoms with van der Waals surface area (Å²) in [7, 11) is -2.46. The van der Waals surface area contributed by atoms with E-state index < -0.39 is 52.4 Å². The van der Waals surface area contributed by atoms with Gasteiger partial charge in [-0.05, 0) is 0 Å². The minimum absolute atomic E-state index is 0.0246. The topological polar surface area (TPSA) is 237 Å². The third-order valence-corrected chi connectivity index (χ3v) is 10.8. The molecule has 1 aromatic heterocycles. The van der Waals surface area contributed by atoms with Gasteiger partial charge in [0.1, 0.15) is 0 Å². The molecule has 0 saturated heterocycles. The molecule has 0 saturated carbocycles. The second kappa shape index (κ2) is 15.7. The SMILES string of the molecule is N[C@@H](CCC(=O)N[C@@H](CS[Se]Cc1cc(-c2ccccc2)n(-c2ccc(S(N)(=O)=O)cc2)n1)C(=O)NCC(=O)O)C(=O)O. The fraction of sp³-hybridized carbons (Fsp3) is 0.269. The summed E-state index contributed by atoms with van der Waals surface area (Å²) < 4.78 is 25.0. The number of aliphatic carboxylic acids is 2. The maximum atomic E-state index is 12.6. The Kier molecular flexibility index (Phi) is 12.3. The number of hydrogen-bond acceptors (Lipinski definition) is 9. The molecule has 1 heterocycles. The number of amides is 2. The molecule has 230 valence electrons. The Morgan fingerprint density at radius 3 is 2.33 bits per heavy atom. The number of carboxylic acid groups (broad SMARTS) is 2. The van der Waals surface area contributed by atoms with E-state index in [-0.39, 0.29) is 37.3 Å². The first-order valence-corrected chi connectivity index (χ1v) is 18.4. The molecule has 2 aromatic carbocycles. The number of benzene rings is 2. The van der Waals surface area contributed by atoms with Gasteiger partial charge in [-0.15, -0.1) is 0 Å². The molecule has 17 heteroatoms. The van der Waals surface area contributed by atoms with Gasteiger partial charge in [-0.2, -0.15) is 0 Å². The summed E-state index contributed by atoms with van der Waals surface area (Å²) >= 11 is -0.160. The average Bonchev–Trinajstić information content (AvgIpc) is 3.40. The molecule has 0 aliphatic rings. The first kappa shape index (κ1) is 33.8. The van der Waals surface area contributed by atoms with Gasteiger partial charge in [-0.1, -0.05) is 0 Å². The van der Waals surface area contributed by atoms with Gasteiger partial charge in [0.2, 0.25) is 0 Å². The van der Waals surface area contributed by atoms with Gasteiger partial charge in [-0.25, -0.2) is 0 Å². The first-order chi connectivity index (χ1) is 20.3. The van der Waals surface area contributed by atoms with Crippen LogP contribution in [-0.4, -0.2) is 90.4 Å². The summed E-state index contributed by atoms with van der Waals surface area (Å²) in [4.78, 5) is 46.7. The summed E-state index contributed by atoms with van der Waals surface area (Å²) in [5.74, 6) is -3.61. The molecule has 14 nitrogen and oxygen atoms in total. The molecule has 0 fully saturated rings. The van der Waals surface area contributed by atoms with Crippen LogP contribution in [0.1, 0.15) is 18.5 Å². The van der Waals surface area contributed by atoms with E-state index in [0.717, 1.165) is 17.0 Å². The third-order valence-electron chi connectivity index (χ3n) is 5.83. The van der Waals surface area contributed by atoms with Crippen LogP contribution in [0.3, 0.4) is 0 Å². The minimum atomic E-state index is -3.86. The first-order valence-electron chi connectivity index (χ1n) is 12.6. The molecule has 3 rings (SSSR count). The fourth-order valence-electron chi connectivity index (χ4n) is 3.65. The Bertz CT molecular complexity index is 1550. The van der Waals surface area contributed by atoms with E-state index in [2.05, 4.69) is 10.6 Å². The van der Waals surface area contributed by atoms with E-state index in [1.54, 1.807) is 16.8 Å². The summed E-state index contributed by atoms with van der Waals surface area (Å²) in [6.45, 7) is -0.622. The summed E-state index contributed by atoms with van der Waals surface area (Å²) in [6, 6.07) is 15.1. The molecule has 8 N–H and O–H groups in total. The third kappa shape index (κ3) is 10.5. The van der Waals surface area contributed by atoms with Crippen molar-refractivity contribution in [2.75, 3.05) is 12.3 Å². The van der Waals surface area contributed by atoms with E-state index in [4.69, 9.17) is 26.2 Å². The Hall–Kier alpha value is -3.73. The van der Waals surface area contributed by atoms with Crippen molar-refractivity contribution in [1.29, 1.82) is 0 Å². The van der Waals surface area contributed by atoms with Crippen molar-refractivity contribution in [3.63, 3.8) is 0 Å².